The van der Waals surface area contributed by atoms with Crippen LogP contribution >= 0.6 is 0 Å². The van der Waals surface area contributed by atoms with E-state index in [1.54, 1.807) is 30.3 Å². The first-order valence-electron chi connectivity index (χ1n) is 8.51. The number of carboxylic acid groups (broad SMARTS) is 1. The van der Waals surface area contributed by atoms with Gasteiger partial charge in [0.25, 0.3) is 0 Å². The minimum Gasteiger partial charge on any atom is -0.508 e. The molecule has 1 fully saturated rings. The number of rotatable bonds is 6. The van der Waals surface area contributed by atoms with Gasteiger partial charge in [0.1, 0.15) is 17.6 Å². The zero-order valence-corrected chi connectivity index (χ0v) is 14.4. The van der Waals surface area contributed by atoms with Gasteiger partial charge >= 0.3 is 5.97 Å². The number of aromatic hydroxyl groups is 1. The second-order valence-corrected chi connectivity index (χ2v) is 6.37. The van der Waals surface area contributed by atoms with E-state index in [4.69, 9.17) is 5.11 Å². The summed E-state index contributed by atoms with van der Waals surface area (Å²) in [5.74, 6) is -2.05. The van der Waals surface area contributed by atoms with Crippen molar-refractivity contribution in [3.8, 4) is 5.75 Å². The molecule has 1 saturated heterocycles. The first-order valence-corrected chi connectivity index (χ1v) is 8.51. The van der Waals surface area contributed by atoms with Crippen LogP contribution in [0.2, 0.25) is 0 Å². The number of phenols is 1. The third kappa shape index (κ3) is 4.42. The van der Waals surface area contributed by atoms with Gasteiger partial charge in [-0.05, 0) is 18.6 Å². The molecule has 3 rings (SSSR count). The molecule has 1 heterocycles. The van der Waals surface area contributed by atoms with Gasteiger partial charge in [0, 0.05) is 11.1 Å². The standard InChI is InChI=1S/C19H20FN3O4/c20-13-7-3-1-5-11(13)14(10-18(25)26)21-19(27)16-9-15(22-23-16)12-6-2-4-8-17(12)24/h1-8,14-16,22-24H,9-10H2,(H,21,27)(H,25,26). The molecular weight excluding hydrogens is 353 g/mol. The van der Waals surface area contributed by atoms with E-state index in [1.165, 1.54) is 18.2 Å². The number of carbonyl (C=O) groups is 2. The summed E-state index contributed by atoms with van der Waals surface area (Å²) < 4.78 is 14.0. The molecule has 0 saturated carbocycles. The van der Waals surface area contributed by atoms with Crippen LogP contribution in [-0.4, -0.2) is 28.1 Å². The Morgan fingerprint density at radius 1 is 1.15 bits per heavy atom. The largest absolute Gasteiger partial charge is 0.508 e. The highest BCUT2D eigenvalue weighted by Gasteiger charge is 2.33. The Labute approximate surface area is 155 Å². The maximum atomic E-state index is 14.0. The topological polar surface area (TPSA) is 111 Å². The number of halogens is 1. The summed E-state index contributed by atoms with van der Waals surface area (Å²) >= 11 is 0. The summed E-state index contributed by atoms with van der Waals surface area (Å²) in [4.78, 5) is 23.7. The molecular formula is C19H20FN3O4. The van der Waals surface area contributed by atoms with E-state index in [1.807, 2.05) is 0 Å². The molecule has 2 aromatic carbocycles. The van der Waals surface area contributed by atoms with Crippen molar-refractivity contribution in [2.75, 3.05) is 0 Å². The van der Waals surface area contributed by atoms with E-state index >= 15 is 0 Å². The highest BCUT2D eigenvalue weighted by molar-refractivity contribution is 5.83. The Morgan fingerprint density at radius 2 is 1.85 bits per heavy atom. The third-order valence-corrected chi connectivity index (χ3v) is 4.51. The van der Waals surface area contributed by atoms with Gasteiger partial charge in [0.15, 0.2) is 0 Å². The van der Waals surface area contributed by atoms with Crippen LogP contribution in [0.15, 0.2) is 48.5 Å². The van der Waals surface area contributed by atoms with Crippen molar-refractivity contribution < 1.29 is 24.2 Å². The Kier molecular flexibility index (Phi) is 5.68. The highest BCUT2D eigenvalue weighted by Crippen LogP contribution is 2.29. The number of amides is 1. The van der Waals surface area contributed by atoms with Gasteiger partial charge in [-0.15, -0.1) is 0 Å². The molecule has 0 spiro atoms. The van der Waals surface area contributed by atoms with Crippen molar-refractivity contribution >= 4 is 11.9 Å². The smallest absolute Gasteiger partial charge is 0.305 e. The highest BCUT2D eigenvalue weighted by atomic mass is 19.1. The number of hydrogen-bond donors (Lipinski definition) is 5. The average Bonchev–Trinajstić information content (AvgIpc) is 3.11. The molecule has 1 aliphatic heterocycles. The van der Waals surface area contributed by atoms with Crippen molar-refractivity contribution in [1.29, 1.82) is 0 Å². The van der Waals surface area contributed by atoms with Crippen LogP contribution < -0.4 is 16.2 Å². The monoisotopic (exact) mass is 373 g/mol. The van der Waals surface area contributed by atoms with Crippen molar-refractivity contribution in [2.45, 2.75) is 31.0 Å². The predicted octanol–water partition coefficient (Wildman–Crippen LogP) is 1.77. The fraction of sp³-hybridized carbons (Fsp3) is 0.263. The lowest BCUT2D eigenvalue weighted by Crippen LogP contribution is -2.44. The number of para-hydroxylation sites is 1. The lowest BCUT2D eigenvalue weighted by atomic mass is 9.99. The third-order valence-electron chi connectivity index (χ3n) is 4.51. The van der Waals surface area contributed by atoms with Gasteiger partial charge < -0.3 is 15.5 Å². The summed E-state index contributed by atoms with van der Waals surface area (Å²) in [6.45, 7) is 0. The van der Waals surface area contributed by atoms with Crippen LogP contribution in [-0.2, 0) is 9.59 Å². The number of phenolic OH excluding ortho intramolecular Hbond substituents is 1. The fourth-order valence-corrected chi connectivity index (χ4v) is 3.16. The maximum Gasteiger partial charge on any atom is 0.305 e. The lowest BCUT2D eigenvalue weighted by Gasteiger charge is -2.20. The Bertz CT molecular complexity index is 845. The molecule has 5 N–H and O–H groups in total. The van der Waals surface area contributed by atoms with E-state index in [-0.39, 0.29) is 17.4 Å². The fourth-order valence-electron chi connectivity index (χ4n) is 3.16. The van der Waals surface area contributed by atoms with Crippen molar-refractivity contribution in [3.05, 3.63) is 65.5 Å². The minimum absolute atomic E-state index is 0.118. The number of carbonyl (C=O) groups excluding carboxylic acids is 1. The quantitative estimate of drug-likeness (QED) is 0.528. The molecule has 3 atom stereocenters. The second kappa shape index (κ2) is 8.15. The van der Waals surface area contributed by atoms with E-state index in [0.717, 1.165) is 0 Å². The minimum atomic E-state index is -1.15. The molecule has 7 nitrogen and oxygen atoms in total. The van der Waals surface area contributed by atoms with Gasteiger partial charge in [-0.2, -0.15) is 0 Å². The SMILES string of the molecule is O=C(O)CC(NC(=O)C1CC(c2ccccc2O)NN1)c1ccccc1F. The molecule has 0 radical (unpaired) electrons. The molecule has 0 aromatic heterocycles. The van der Waals surface area contributed by atoms with Crippen molar-refractivity contribution in [1.82, 2.24) is 16.2 Å². The number of aliphatic carboxylic acids is 1. The molecule has 0 bridgehead atoms. The number of benzene rings is 2. The van der Waals surface area contributed by atoms with Gasteiger partial charge in [-0.25, -0.2) is 15.2 Å². The van der Waals surface area contributed by atoms with Crippen LogP contribution in [0.1, 0.15) is 36.1 Å². The molecule has 0 aliphatic carbocycles. The number of carboxylic acids is 1. The Morgan fingerprint density at radius 3 is 2.56 bits per heavy atom. The normalized spacial score (nSPS) is 20.2. The van der Waals surface area contributed by atoms with E-state index in [9.17, 15) is 19.1 Å². The first kappa shape index (κ1) is 18.8. The van der Waals surface area contributed by atoms with Crippen LogP contribution in [0, 0.1) is 5.82 Å². The van der Waals surface area contributed by atoms with E-state index in [2.05, 4.69) is 16.2 Å². The predicted molar refractivity (Wildman–Crippen MR) is 95.1 cm³/mol. The molecule has 2 aromatic rings. The second-order valence-electron chi connectivity index (χ2n) is 6.37. The lowest BCUT2D eigenvalue weighted by molar-refractivity contribution is -0.137. The Balaban J connectivity index is 1.70. The van der Waals surface area contributed by atoms with Gasteiger partial charge in [-0.1, -0.05) is 36.4 Å². The molecule has 8 heteroatoms. The van der Waals surface area contributed by atoms with Crippen LogP contribution in [0.4, 0.5) is 4.39 Å². The summed E-state index contributed by atoms with van der Waals surface area (Å²) in [6, 6.07) is 10.6. The van der Waals surface area contributed by atoms with Crippen LogP contribution in [0.25, 0.3) is 0 Å². The van der Waals surface area contributed by atoms with Crippen LogP contribution in [0.5, 0.6) is 5.75 Å². The summed E-state index contributed by atoms with van der Waals surface area (Å²) in [5, 5.41) is 21.7. The summed E-state index contributed by atoms with van der Waals surface area (Å²) in [7, 11) is 0. The maximum absolute atomic E-state index is 14.0. The van der Waals surface area contributed by atoms with E-state index in [0.29, 0.717) is 12.0 Å². The molecule has 1 amide bonds. The van der Waals surface area contributed by atoms with Crippen molar-refractivity contribution in [2.24, 2.45) is 0 Å². The zero-order valence-electron chi connectivity index (χ0n) is 14.4. The van der Waals surface area contributed by atoms with E-state index < -0.39 is 36.2 Å². The number of hydrogen-bond acceptors (Lipinski definition) is 5. The Hall–Kier alpha value is -2.97. The zero-order chi connectivity index (χ0) is 19.4. The average molecular weight is 373 g/mol. The van der Waals surface area contributed by atoms with Gasteiger partial charge in [0.2, 0.25) is 5.91 Å². The summed E-state index contributed by atoms with van der Waals surface area (Å²) in [6.07, 6.45) is -0.0871. The van der Waals surface area contributed by atoms with Gasteiger partial charge in [0.05, 0.1) is 18.5 Å². The number of nitrogens with one attached hydrogen (secondary N) is 3. The summed E-state index contributed by atoms with van der Waals surface area (Å²) in [5.41, 5.74) is 6.56. The van der Waals surface area contributed by atoms with Crippen LogP contribution in [0.3, 0.4) is 0 Å². The van der Waals surface area contributed by atoms with Gasteiger partial charge in [-0.3, -0.25) is 9.59 Å². The molecule has 1 aliphatic rings. The molecule has 3 unspecified atom stereocenters. The molecule has 142 valence electrons. The number of hydrazine groups is 1. The molecule has 27 heavy (non-hydrogen) atoms. The first-order chi connectivity index (χ1) is 13.0. The van der Waals surface area contributed by atoms with Crippen molar-refractivity contribution in [3.63, 3.8) is 0 Å².